The van der Waals surface area contributed by atoms with Crippen molar-refractivity contribution in [2.45, 2.75) is 70.9 Å². The smallest absolute Gasteiger partial charge is 0.325 e. The quantitative estimate of drug-likeness (QED) is 0.488. The molecule has 1 aliphatic heterocycles. The van der Waals surface area contributed by atoms with Gasteiger partial charge < -0.3 is 10.6 Å². The van der Waals surface area contributed by atoms with Crippen LogP contribution in [0.5, 0.6) is 0 Å². The molecule has 6 heteroatoms. The van der Waals surface area contributed by atoms with Crippen LogP contribution in [0, 0.1) is 0 Å². The van der Waals surface area contributed by atoms with Gasteiger partial charge in [-0.2, -0.15) is 0 Å². The van der Waals surface area contributed by atoms with Gasteiger partial charge in [-0.1, -0.05) is 69.9 Å². The highest BCUT2D eigenvalue weighted by Gasteiger charge is 2.52. The first-order valence-corrected chi connectivity index (χ1v) is 9.93. The maximum atomic E-state index is 13.1. The van der Waals surface area contributed by atoms with E-state index < -0.39 is 11.6 Å². The van der Waals surface area contributed by atoms with Crippen LogP contribution in [0.2, 0.25) is 0 Å². The van der Waals surface area contributed by atoms with Gasteiger partial charge in [0.15, 0.2) is 0 Å². The van der Waals surface area contributed by atoms with E-state index in [2.05, 4.69) is 17.6 Å². The fraction of sp³-hybridized carbons (Fsp3) is 0.571. The van der Waals surface area contributed by atoms with E-state index >= 15 is 0 Å². The molecule has 148 valence electrons. The number of nitrogens with zero attached hydrogens (tertiary/aromatic N) is 1. The Morgan fingerprint density at radius 3 is 2.48 bits per heavy atom. The van der Waals surface area contributed by atoms with Crippen molar-refractivity contribution in [3.8, 4) is 0 Å². The standard InChI is InChI=1S/C21H31N3O3/c1-4-6-8-11-16(3)22-18(25)15-24-19(26)21(14-5-2,23-20(24)27)17-12-9-7-10-13-17/h7,9-10,12-13,16H,4-6,8,11,14-15H2,1-3H3,(H,22,25)(H,23,27)/t16-,21+/m0/s1. The highest BCUT2D eigenvalue weighted by atomic mass is 16.2. The van der Waals surface area contributed by atoms with Crippen molar-refractivity contribution in [1.29, 1.82) is 0 Å². The van der Waals surface area contributed by atoms with E-state index in [1.165, 1.54) is 0 Å². The molecule has 0 bridgehead atoms. The van der Waals surface area contributed by atoms with Crippen molar-refractivity contribution in [2.75, 3.05) is 6.54 Å². The zero-order chi connectivity index (χ0) is 19.9. The minimum Gasteiger partial charge on any atom is -0.352 e. The van der Waals surface area contributed by atoms with Crippen molar-refractivity contribution in [3.05, 3.63) is 35.9 Å². The van der Waals surface area contributed by atoms with Gasteiger partial charge in [0.25, 0.3) is 5.91 Å². The van der Waals surface area contributed by atoms with Gasteiger partial charge in [-0.3, -0.25) is 14.5 Å². The van der Waals surface area contributed by atoms with E-state index in [-0.39, 0.29) is 24.4 Å². The van der Waals surface area contributed by atoms with Crippen molar-refractivity contribution in [3.63, 3.8) is 0 Å². The van der Waals surface area contributed by atoms with Crippen molar-refractivity contribution in [2.24, 2.45) is 0 Å². The molecule has 27 heavy (non-hydrogen) atoms. The molecular weight excluding hydrogens is 342 g/mol. The van der Waals surface area contributed by atoms with Gasteiger partial charge in [0.05, 0.1) is 0 Å². The number of rotatable bonds is 10. The Hall–Kier alpha value is -2.37. The highest BCUT2D eigenvalue weighted by molar-refractivity contribution is 6.09. The predicted octanol–water partition coefficient (Wildman–Crippen LogP) is 3.32. The molecule has 2 N–H and O–H groups in total. The lowest BCUT2D eigenvalue weighted by atomic mass is 9.85. The van der Waals surface area contributed by atoms with Crippen LogP contribution in [0.1, 0.15) is 64.9 Å². The minimum absolute atomic E-state index is 0.0272. The largest absolute Gasteiger partial charge is 0.352 e. The van der Waals surface area contributed by atoms with Gasteiger partial charge in [0, 0.05) is 6.04 Å². The Kier molecular flexibility index (Phi) is 7.39. The van der Waals surface area contributed by atoms with Gasteiger partial charge in [-0.05, 0) is 25.3 Å². The molecule has 1 aromatic carbocycles. The highest BCUT2D eigenvalue weighted by Crippen LogP contribution is 2.33. The topological polar surface area (TPSA) is 78.5 Å². The molecule has 2 rings (SSSR count). The summed E-state index contributed by atoms with van der Waals surface area (Å²) >= 11 is 0. The summed E-state index contributed by atoms with van der Waals surface area (Å²) in [6.07, 6.45) is 5.42. The monoisotopic (exact) mass is 373 g/mol. The van der Waals surface area contributed by atoms with Gasteiger partial charge >= 0.3 is 6.03 Å². The molecule has 6 nitrogen and oxygen atoms in total. The van der Waals surface area contributed by atoms with Crippen LogP contribution in [0.3, 0.4) is 0 Å². The van der Waals surface area contributed by atoms with Gasteiger partial charge in [-0.25, -0.2) is 4.79 Å². The Morgan fingerprint density at radius 2 is 1.85 bits per heavy atom. The number of amides is 4. The van der Waals surface area contributed by atoms with E-state index in [4.69, 9.17) is 0 Å². The Labute approximate surface area is 161 Å². The first-order chi connectivity index (χ1) is 12.9. The van der Waals surface area contributed by atoms with Crippen LogP contribution in [-0.2, 0) is 15.1 Å². The summed E-state index contributed by atoms with van der Waals surface area (Å²) in [7, 11) is 0. The molecule has 0 spiro atoms. The Balaban J connectivity index is 2.07. The number of hydrogen-bond donors (Lipinski definition) is 2. The van der Waals surface area contributed by atoms with Crippen LogP contribution < -0.4 is 10.6 Å². The second-order valence-electron chi connectivity index (χ2n) is 7.31. The Bertz CT molecular complexity index is 662. The number of imide groups is 1. The lowest BCUT2D eigenvalue weighted by Gasteiger charge is -2.27. The van der Waals surface area contributed by atoms with Crippen LogP contribution in [0.15, 0.2) is 30.3 Å². The maximum Gasteiger partial charge on any atom is 0.325 e. The fourth-order valence-corrected chi connectivity index (χ4v) is 3.61. The van der Waals surface area contributed by atoms with Crippen LogP contribution in [-0.4, -0.2) is 35.3 Å². The predicted molar refractivity (Wildman–Crippen MR) is 105 cm³/mol. The fourth-order valence-electron chi connectivity index (χ4n) is 3.61. The summed E-state index contributed by atoms with van der Waals surface area (Å²) < 4.78 is 0. The third kappa shape index (κ3) is 4.87. The summed E-state index contributed by atoms with van der Waals surface area (Å²) in [5, 5.41) is 5.74. The van der Waals surface area contributed by atoms with Gasteiger partial charge in [0.2, 0.25) is 5.91 Å². The Morgan fingerprint density at radius 1 is 1.15 bits per heavy atom. The van der Waals surface area contributed by atoms with Crippen LogP contribution >= 0.6 is 0 Å². The van der Waals surface area contributed by atoms with Crippen molar-refractivity contribution in [1.82, 2.24) is 15.5 Å². The summed E-state index contributed by atoms with van der Waals surface area (Å²) in [5.74, 6) is -0.655. The van der Waals surface area contributed by atoms with E-state index in [9.17, 15) is 14.4 Å². The van der Waals surface area contributed by atoms with Crippen LogP contribution in [0.4, 0.5) is 4.79 Å². The number of carbonyl (C=O) groups excluding carboxylic acids is 3. The average Bonchev–Trinajstić information content (AvgIpc) is 2.88. The molecule has 1 aromatic rings. The molecule has 2 atom stereocenters. The molecule has 1 saturated heterocycles. The van der Waals surface area contributed by atoms with Crippen molar-refractivity contribution >= 4 is 17.8 Å². The summed E-state index contributed by atoms with van der Waals surface area (Å²) in [5.41, 5.74) is -0.332. The SMILES string of the molecule is CCCCC[C@H](C)NC(=O)CN1C(=O)N[C@](CCC)(c2ccccc2)C1=O. The first-order valence-electron chi connectivity index (χ1n) is 9.93. The lowest BCUT2D eigenvalue weighted by Crippen LogP contribution is -2.46. The summed E-state index contributed by atoms with van der Waals surface area (Å²) in [4.78, 5) is 39.0. The number of hydrogen-bond acceptors (Lipinski definition) is 3. The molecule has 0 radical (unpaired) electrons. The zero-order valence-corrected chi connectivity index (χ0v) is 16.6. The van der Waals surface area contributed by atoms with Crippen LogP contribution in [0.25, 0.3) is 0 Å². The molecule has 0 saturated carbocycles. The molecular formula is C21H31N3O3. The number of urea groups is 1. The van der Waals surface area contributed by atoms with Crippen molar-refractivity contribution < 1.29 is 14.4 Å². The third-order valence-electron chi connectivity index (χ3n) is 5.02. The summed E-state index contributed by atoms with van der Waals surface area (Å²) in [6, 6.07) is 8.76. The number of nitrogens with one attached hydrogen (secondary N) is 2. The average molecular weight is 373 g/mol. The molecule has 1 fully saturated rings. The summed E-state index contributed by atoms with van der Waals surface area (Å²) in [6.45, 7) is 5.81. The normalized spacial score (nSPS) is 20.5. The zero-order valence-electron chi connectivity index (χ0n) is 16.6. The molecule has 0 unspecified atom stereocenters. The second kappa shape index (κ2) is 9.53. The number of unbranched alkanes of at least 4 members (excludes halogenated alkanes) is 2. The van der Waals surface area contributed by atoms with E-state index in [1.54, 1.807) is 0 Å². The van der Waals surface area contributed by atoms with Gasteiger partial charge in [0.1, 0.15) is 12.1 Å². The van der Waals surface area contributed by atoms with E-state index in [1.807, 2.05) is 44.2 Å². The lowest BCUT2D eigenvalue weighted by molar-refractivity contribution is -0.135. The molecule has 0 aliphatic carbocycles. The minimum atomic E-state index is -1.08. The molecule has 1 aliphatic rings. The molecule has 0 aromatic heterocycles. The molecule has 1 heterocycles. The second-order valence-corrected chi connectivity index (χ2v) is 7.31. The first kappa shape index (κ1) is 20.9. The van der Waals surface area contributed by atoms with E-state index in [0.29, 0.717) is 6.42 Å². The maximum absolute atomic E-state index is 13.1. The number of carbonyl (C=O) groups is 3. The van der Waals surface area contributed by atoms with E-state index in [0.717, 1.165) is 42.6 Å². The molecule has 4 amide bonds. The third-order valence-corrected chi connectivity index (χ3v) is 5.02. The van der Waals surface area contributed by atoms with Gasteiger partial charge in [-0.15, -0.1) is 0 Å². The number of benzene rings is 1.